The van der Waals surface area contributed by atoms with E-state index in [1.165, 1.54) is 41.6 Å². The van der Waals surface area contributed by atoms with Crippen LogP contribution in [0.3, 0.4) is 0 Å². The van der Waals surface area contributed by atoms with E-state index < -0.39 is 0 Å². The van der Waals surface area contributed by atoms with Crippen LogP contribution in [0.4, 0.5) is 0 Å². The number of thioether (sulfide) groups is 1. The lowest BCUT2D eigenvalue weighted by Crippen LogP contribution is -2.46. The number of piperidine rings is 1. The molecular formula is C21H26N2OS. The highest BCUT2D eigenvalue weighted by atomic mass is 32.2. The first-order valence-corrected chi connectivity index (χ1v) is 10.4. The SMILES string of the molecule is O=C(CSc1ccc2ccccc2c1)N1CCC(N2CCCC2)CC1. The number of rotatable bonds is 4. The van der Waals surface area contributed by atoms with Crippen molar-refractivity contribution in [1.82, 2.24) is 9.80 Å². The second-order valence-corrected chi connectivity index (χ2v) is 8.20. The number of hydrogen-bond donors (Lipinski definition) is 0. The van der Waals surface area contributed by atoms with Crippen LogP contribution in [0, 0.1) is 0 Å². The second-order valence-electron chi connectivity index (χ2n) is 7.15. The van der Waals surface area contributed by atoms with Gasteiger partial charge in [0, 0.05) is 24.0 Å². The van der Waals surface area contributed by atoms with Crippen molar-refractivity contribution in [1.29, 1.82) is 0 Å². The maximum atomic E-state index is 12.6. The molecule has 2 aromatic rings. The van der Waals surface area contributed by atoms with Crippen LogP contribution in [-0.2, 0) is 4.79 Å². The molecule has 0 bridgehead atoms. The Morgan fingerprint density at radius 3 is 2.44 bits per heavy atom. The molecule has 0 aliphatic carbocycles. The van der Waals surface area contributed by atoms with Crippen LogP contribution in [-0.4, -0.2) is 53.7 Å². The molecule has 2 aliphatic heterocycles. The maximum Gasteiger partial charge on any atom is 0.232 e. The summed E-state index contributed by atoms with van der Waals surface area (Å²) in [5.41, 5.74) is 0. The van der Waals surface area contributed by atoms with Crippen molar-refractivity contribution in [2.75, 3.05) is 31.9 Å². The van der Waals surface area contributed by atoms with E-state index in [0.717, 1.165) is 25.9 Å². The van der Waals surface area contributed by atoms with Crippen LogP contribution in [0.15, 0.2) is 47.4 Å². The lowest BCUT2D eigenvalue weighted by Gasteiger charge is -2.36. The van der Waals surface area contributed by atoms with Crippen LogP contribution in [0.1, 0.15) is 25.7 Å². The number of benzene rings is 2. The monoisotopic (exact) mass is 354 g/mol. The molecule has 0 unspecified atom stereocenters. The summed E-state index contributed by atoms with van der Waals surface area (Å²) in [6.07, 6.45) is 4.99. The lowest BCUT2D eigenvalue weighted by atomic mass is 10.0. The molecule has 2 heterocycles. The molecule has 3 nitrogen and oxygen atoms in total. The smallest absolute Gasteiger partial charge is 0.232 e. The molecule has 4 heteroatoms. The Balaban J connectivity index is 1.28. The van der Waals surface area contributed by atoms with Gasteiger partial charge in [0.05, 0.1) is 5.75 Å². The maximum absolute atomic E-state index is 12.6. The van der Waals surface area contributed by atoms with E-state index in [9.17, 15) is 4.79 Å². The molecule has 25 heavy (non-hydrogen) atoms. The quantitative estimate of drug-likeness (QED) is 0.775. The van der Waals surface area contributed by atoms with Gasteiger partial charge in [-0.1, -0.05) is 30.3 Å². The Labute approximate surface area is 154 Å². The molecular weight excluding hydrogens is 328 g/mol. The van der Waals surface area contributed by atoms with Crippen LogP contribution >= 0.6 is 11.8 Å². The van der Waals surface area contributed by atoms with Gasteiger partial charge in [0.2, 0.25) is 5.91 Å². The fourth-order valence-electron chi connectivity index (χ4n) is 4.08. The van der Waals surface area contributed by atoms with Gasteiger partial charge in [-0.05, 0) is 61.7 Å². The summed E-state index contributed by atoms with van der Waals surface area (Å²) in [5.74, 6) is 0.838. The number of amides is 1. The third-order valence-electron chi connectivity index (χ3n) is 5.56. The van der Waals surface area contributed by atoms with Gasteiger partial charge in [0.25, 0.3) is 0 Å². The minimum absolute atomic E-state index is 0.290. The Kier molecular flexibility index (Phi) is 5.28. The highest BCUT2D eigenvalue weighted by Crippen LogP contribution is 2.25. The third kappa shape index (κ3) is 4.01. The number of likely N-dealkylation sites (tertiary alicyclic amines) is 2. The standard InChI is InChI=1S/C21H26N2OS/c24-21(23-13-9-19(10-14-23)22-11-3-4-12-22)16-25-20-8-7-17-5-1-2-6-18(17)15-20/h1-2,5-8,15,19H,3-4,9-14,16H2. The summed E-state index contributed by atoms with van der Waals surface area (Å²) in [6.45, 7) is 4.38. The van der Waals surface area contributed by atoms with Crippen LogP contribution in [0.25, 0.3) is 10.8 Å². The first-order chi connectivity index (χ1) is 12.3. The van der Waals surface area contributed by atoms with Gasteiger partial charge in [-0.25, -0.2) is 0 Å². The topological polar surface area (TPSA) is 23.6 Å². The van der Waals surface area contributed by atoms with E-state index in [2.05, 4.69) is 52.3 Å². The predicted molar refractivity (Wildman–Crippen MR) is 105 cm³/mol. The molecule has 2 saturated heterocycles. The Hall–Kier alpha value is -1.52. The van der Waals surface area contributed by atoms with E-state index in [0.29, 0.717) is 11.8 Å². The summed E-state index contributed by atoms with van der Waals surface area (Å²) >= 11 is 1.66. The number of hydrogen-bond acceptors (Lipinski definition) is 3. The third-order valence-corrected chi connectivity index (χ3v) is 6.54. The lowest BCUT2D eigenvalue weighted by molar-refractivity contribution is -0.129. The summed E-state index contributed by atoms with van der Waals surface area (Å²) in [7, 11) is 0. The fourth-order valence-corrected chi connectivity index (χ4v) is 4.93. The van der Waals surface area contributed by atoms with E-state index in [4.69, 9.17) is 0 Å². The number of fused-ring (bicyclic) bond motifs is 1. The van der Waals surface area contributed by atoms with Crippen molar-refractivity contribution in [2.24, 2.45) is 0 Å². The molecule has 2 fully saturated rings. The van der Waals surface area contributed by atoms with Crippen LogP contribution in [0.2, 0.25) is 0 Å². The average molecular weight is 355 g/mol. The van der Waals surface area contributed by atoms with E-state index in [-0.39, 0.29) is 5.91 Å². The summed E-state index contributed by atoms with van der Waals surface area (Å²) < 4.78 is 0. The molecule has 1 amide bonds. The summed E-state index contributed by atoms with van der Waals surface area (Å²) in [4.78, 5) is 18.4. The Morgan fingerprint density at radius 1 is 0.960 bits per heavy atom. The van der Waals surface area contributed by atoms with E-state index >= 15 is 0 Å². The molecule has 0 saturated carbocycles. The molecule has 0 atom stereocenters. The normalized spacial score (nSPS) is 19.6. The molecule has 0 N–H and O–H groups in total. The predicted octanol–water partition coefficient (Wildman–Crippen LogP) is 4.02. The zero-order valence-electron chi connectivity index (χ0n) is 14.7. The van der Waals surface area contributed by atoms with Gasteiger partial charge in [0.15, 0.2) is 0 Å². The zero-order chi connectivity index (χ0) is 17.1. The first kappa shape index (κ1) is 16.9. The minimum Gasteiger partial charge on any atom is -0.342 e. The molecule has 4 rings (SSSR count). The molecule has 2 aliphatic rings. The highest BCUT2D eigenvalue weighted by molar-refractivity contribution is 8.00. The van der Waals surface area contributed by atoms with Crippen molar-refractivity contribution in [3.8, 4) is 0 Å². The van der Waals surface area contributed by atoms with Gasteiger partial charge < -0.3 is 9.80 Å². The van der Waals surface area contributed by atoms with Crippen molar-refractivity contribution in [3.63, 3.8) is 0 Å². The molecule has 0 spiro atoms. The van der Waals surface area contributed by atoms with Crippen molar-refractivity contribution >= 4 is 28.4 Å². The number of nitrogens with zero attached hydrogens (tertiary/aromatic N) is 2. The highest BCUT2D eigenvalue weighted by Gasteiger charge is 2.28. The largest absolute Gasteiger partial charge is 0.342 e. The van der Waals surface area contributed by atoms with Crippen molar-refractivity contribution in [3.05, 3.63) is 42.5 Å². The number of carbonyl (C=O) groups is 1. The van der Waals surface area contributed by atoms with Gasteiger partial charge in [-0.2, -0.15) is 0 Å². The molecule has 132 valence electrons. The van der Waals surface area contributed by atoms with Crippen LogP contribution < -0.4 is 0 Å². The fraction of sp³-hybridized carbons (Fsp3) is 0.476. The zero-order valence-corrected chi connectivity index (χ0v) is 15.5. The minimum atomic E-state index is 0.290. The van der Waals surface area contributed by atoms with Crippen LogP contribution in [0.5, 0.6) is 0 Å². The van der Waals surface area contributed by atoms with Crippen molar-refractivity contribution in [2.45, 2.75) is 36.6 Å². The van der Waals surface area contributed by atoms with Gasteiger partial charge in [-0.15, -0.1) is 11.8 Å². The van der Waals surface area contributed by atoms with Gasteiger partial charge in [-0.3, -0.25) is 4.79 Å². The first-order valence-electron chi connectivity index (χ1n) is 9.43. The second kappa shape index (κ2) is 7.79. The summed E-state index contributed by atoms with van der Waals surface area (Å²) in [6, 6.07) is 15.5. The summed E-state index contributed by atoms with van der Waals surface area (Å²) in [5, 5.41) is 2.49. The van der Waals surface area contributed by atoms with E-state index in [1.807, 2.05) is 0 Å². The molecule has 0 radical (unpaired) electrons. The Bertz CT molecular complexity index is 734. The van der Waals surface area contributed by atoms with Gasteiger partial charge in [0.1, 0.15) is 0 Å². The number of carbonyl (C=O) groups excluding carboxylic acids is 1. The van der Waals surface area contributed by atoms with Crippen molar-refractivity contribution < 1.29 is 4.79 Å². The average Bonchev–Trinajstić information content (AvgIpc) is 3.21. The van der Waals surface area contributed by atoms with E-state index in [1.54, 1.807) is 11.8 Å². The Morgan fingerprint density at radius 2 is 1.68 bits per heavy atom. The molecule has 2 aromatic carbocycles. The van der Waals surface area contributed by atoms with Gasteiger partial charge >= 0.3 is 0 Å². The molecule has 0 aromatic heterocycles.